The number of ether oxygens (including phenoxy) is 5. The van der Waals surface area contributed by atoms with Crippen molar-refractivity contribution in [2.75, 3.05) is 19.8 Å². The Morgan fingerprint density at radius 2 is 1.48 bits per heavy atom. The number of nitriles is 1. The zero-order valence-electron chi connectivity index (χ0n) is 31.6. The lowest BCUT2D eigenvalue weighted by atomic mass is 9.81. The smallest absolute Gasteiger partial charge is 0.338 e. The van der Waals surface area contributed by atoms with Crippen molar-refractivity contribution in [1.29, 1.82) is 5.26 Å². The maximum atomic E-state index is 13.6. The Bertz CT molecular complexity index is 1210. The first-order valence-corrected chi connectivity index (χ1v) is 19.3. The highest BCUT2D eigenvalue weighted by Crippen LogP contribution is 2.46. The molecule has 0 saturated carbocycles. The van der Waals surface area contributed by atoms with Crippen molar-refractivity contribution in [2.45, 2.75) is 144 Å². The van der Waals surface area contributed by atoms with Gasteiger partial charge in [-0.15, -0.1) is 0 Å². The molecular weight excluding hydrogens is 661 g/mol. The number of amides is 1. The minimum Gasteiger partial charge on any atom is -0.451 e. The average Bonchev–Trinajstić information content (AvgIpc) is 3.08. The second kappa shape index (κ2) is 20.7. The molecule has 11 unspecified atom stereocenters. The summed E-state index contributed by atoms with van der Waals surface area (Å²) in [6.45, 7) is 20.7. The van der Waals surface area contributed by atoms with Crippen LogP contribution in [-0.4, -0.2) is 91.5 Å². The third-order valence-corrected chi connectivity index (χ3v) is 11.6. The predicted octanol–water partition coefficient (Wildman–Crippen LogP) is 6.59. The maximum absolute atomic E-state index is 13.6. The Morgan fingerprint density at radius 3 is 2.06 bits per heavy atom. The number of carbonyl (C=O) groups is 2. The van der Waals surface area contributed by atoms with E-state index >= 15 is 0 Å². The van der Waals surface area contributed by atoms with Crippen LogP contribution in [0.2, 0.25) is 0 Å². The van der Waals surface area contributed by atoms with E-state index in [-0.39, 0.29) is 74.2 Å². The quantitative estimate of drug-likeness (QED) is 0.0999. The Labute approximate surface area is 300 Å². The van der Waals surface area contributed by atoms with Gasteiger partial charge in [0.15, 0.2) is 18.7 Å². The van der Waals surface area contributed by atoms with Crippen LogP contribution >= 0.6 is 8.53 Å². The third-order valence-electron chi connectivity index (χ3n) is 9.54. The molecule has 13 heteroatoms. The maximum Gasteiger partial charge on any atom is 0.338 e. The molecule has 0 spiro atoms. The molecule has 2 aliphatic heterocycles. The largest absolute Gasteiger partial charge is 0.451 e. The van der Waals surface area contributed by atoms with Crippen molar-refractivity contribution in [3.8, 4) is 6.07 Å². The first kappa shape index (κ1) is 42.2. The van der Waals surface area contributed by atoms with E-state index in [0.717, 1.165) is 6.42 Å². The molecule has 0 aromatic heterocycles. The van der Waals surface area contributed by atoms with Gasteiger partial charge < -0.3 is 38.0 Å². The van der Waals surface area contributed by atoms with Gasteiger partial charge in [-0.25, -0.2) is 9.46 Å². The second-order valence-corrected chi connectivity index (χ2v) is 15.2. The molecule has 282 valence electrons. The Morgan fingerprint density at radius 1 is 0.880 bits per heavy atom. The second-order valence-electron chi connectivity index (χ2n) is 13.8. The molecule has 0 aliphatic carbocycles. The van der Waals surface area contributed by atoms with E-state index in [1.54, 1.807) is 24.3 Å². The van der Waals surface area contributed by atoms with Gasteiger partial charge in [0.2, 0.25) is 5.91 Å². The molecule has 1 amide bonds. The molecular formula is C37H60N3O9P. The van der Waals surface area contributed by atoms with Crippen LogP contribution in [0.25, 0.3) is 0 Å². The summed E-state index contributed by atoms with van der Waals surface area (Å²) in [5, 5.41) is 12.1. The lowest BCUT2D eigenvalue weighted by Crippen LogP contribution is -2.62. The van der Waals surface area contributed by atoms with Crippen LogP contribution in [0.15, 0.2) is 30.3 Å². The lowest BCUT2D eigenvalue weighted by molar-refractivity contribution is -0.328. The van der Waals surface area contributed by atoms with E-state index < -0.39 is 45.3 Å². The molecule has 3 rings (SSSR count). The van der Waals surface area contributed by atoms with Crippen molar-refractivity contribution in [1.82, 2.24) is 9.99 Å². The van der Waals surface area contributed by atoms with Gasteiger partial charge in [0.05, 0.1) is 56.1 Å². The van der Waals surface area contributed by atoms with Gasteiger partial charge in [-0.2, -0.15) is 5.26 Å². The standard InChI is InChI=1S/C37H60N3O9P/c1-11-30-25(7)26(8)32(39-28(10)41)36(46-30)49-33-27(9)31(12-2)47-37(34(33)48-35(42)29-17-14-13-15-18-29)43-21-22-45-50(44-20-16-19-38)40(23(3)4)24(5)6/h13-15,17-18,23-27,30-34,36-37H,11-12,16,20-22H2,1-10H3,(H,39,41). The van der Waals surface area contributed by atoms with E-state index in [1.807, 2.05) is 19.9 Å². The molecule has 2 heterocycles. The molecule has 1 aromatic rings. The summed E-state index contributed by atoms with van der Waals surface area (Å²) in [5.41, 5.74) is 0.389. The molecule has 2 fully saturated rings. The van der Waals surface area contributed by atoms with Gasteiger partial charge in [0.1, 0.15) is 6.10 Å². The summed E-state index contributed by atoms with van der Waals surface area (Å²) in [6.07, 6.45) is -2.06. The minimum absolute atomic E-state index is 0.0655. The average molecular weight is 722 g/mol. The SMILES string of the molecule is CCC1OC(OC2C(C)C(CC)OC(OCCOP(OCCC#N)N(C(C)C)C(C)C)C2OC(=O)c2ccccc2)C(NC(C)=O)C(C)C1C. The fraction of sp³-hybridized carbons (Fsp3) is 0.757. The summed E-state index contributed by atoms with van der Waals surface area (Å²) in [7, 11) is -1.47. The number of benzene rings is 1. The van der Waals surface area contributed by atoms with Crippen molar-refractivity contribution >= 4 is 20.4 Å². The van der Waals surface area contributed by atoms with Crippen LogP contribution in [0.5, 0.6) is 0 Å². The summed E-state index contributed by atoms with van der Waals surface area (Å²) < 4.78 is 46.9. The Kier molecular flexibility index (Phi) is 17.5. The molecule has 0 bridgehead atoms. The highest BCUT2D eigenvalue weighted by atomic mass is 31.2. The molecule has 1 N–H and O–H groups in total. The fourth-order valence-electron chi connectivity index (χ4n) is 6.79. The molecule has 50 heavy (non-hydrogen) atoms. The van der Waals surface area contributed by atoms with Gasteiger partial charge in [-0.3, -0.25) is 4.79 Å². The normalized spacial score (nSPS) is 30.6. The van der Waals surface area contributed by atoms with Crippen molar-refractivity contribution < 1.29 is 42.3 Å². The summed E-state index contributed by atoms with van der Waals surface area (Å²) in [5.74, 6) is -0.670. The van der Waals surface area contributed by atoms with E-state index in [2.05, 4.69) is 64.5 Å². The number of rotatable bonds is 18. The third kappa shape index (κ3) is 11.4. The number of carbonyl (C=O) groups excluding carboxylic acids is 2. The van der Waals surface area contributed by atoms with Gasteiger partial charge in [-0.05, 0) is 64.5 Å². The van der Waals surface area contributed by atoms with Crippen LogP contribution in [0, 0.1) is 29.1 Å². The predicted molar refractivity (Wildman–Crippen MR) is 191 cm³/mol. The van der Waals surface area contributed by atoms with E-state index in [9.17, 15) is 9.59 Å². The first-order valence-electron chi connectivity index (χ1n) is 18.2. The summed E-state index contributed by atoms with van der Waals surface area (Å²) in [6, 6.07) is 10.8. The Balaban J connectivity index is 1.89. The zero-order chi connectivity index (χ0) is 37.0. The van der Waals surface area contributed by atoms with Crippen LogP contribution in [0.1, 0.15) is 98.9 Å². The molecule has 11 atom stereocenters. The number of hydrogen-bond acceptors (Lipinski definition) is 11. The van der Waals surface area contributed by atoms with Crippen molar-refractivity contribution in [3.63, 3.8) is 0 Å². The first-order chi connectivity index (χ1) is 23.8. The molecule has 0 radical (unpaired) electrons. The Hall–Kier alpha value is -2.20. The van der Waals surface area contributed by atoms with Crippen molar-refractivity contribution in [2.24, 2.45) is 17.8 Å². The van der Waals surface area contributed by atoms with Crippen LogP contribution in [0.4, 0.5) is 0 Å². The molecule has 2 saturated heterocycles. The molecule has 1 aromatic carbocycles. The van der Waals surface area contributed by atoms with Gasteiger partial charge >= 0.3 is 5.97 Å². The summed E-state index contributed by atoms with van der Waals surface area (Å²) in [4.78, 5) is 25.9. The number of nitrogens with zero attached hydrogens (tertiary/aromatic N) is 2. The van der Waals surface area contributed by atoms with Crippen molar-refractivity contribution in [3.05, 3.63) is 35.9 Å². The van der Waals surface area contributed by atoms with E-state index in [4.69, 9.17) is 38.0 Å². The van der Waals surface area contributed by atoms with Gasteiger partial charge in [-0.1, -0.05) is 52.8 Å². The molecule has 2 aliphatic rings. The van der Waals surface area contributed by atoms with Gasteiger partial charge in [0, 0.05) is 24.9 Å². The highest BCUT2D eigenvalue weighted by Gasteiger charge is 2.51. The molecule has 12 nitrogen and oxygen atoms in total. The number of hydrogen-bond donors (Lipinski definition) is 1. The monoisotopic (exact) mass is 721 g/mol. The zero-order valence-corrected chi connectivity index (χ0v) is 32.5. The van der Waals surface area contributed by atoms with Crippen LogP contribution in [-0.2, 0) is 37.5 Å². The number of esters is 1. The highest BCUT2D eigenvalue weighted by molar-refractivity contribution is 7.44. The van der Waals surface area contributed by atoms with Crippen LogP contribution < -0.4 is 5.32 Å². The van der Waals surface area contributed by atoms with Crippen LogP contribution in [0.3, 0.4) is 0 Å². The van der Waals surface area contributed by atoms with E-state index in [0.29, 0.717) is 12.0 Å². The summed E-state index contributed by atoms with van der Waals surface area (Å²) >= 11 is 0. The van der Waals surface area contributed by atoms with Gasteiger partial charge in [0.25, 0.3) is 8.53 Å². The van der Waals surface area contributed by atoms with E-state index in [1.165, 1.54) is 6.92 Å². The number of nitrogens with one attached hydrogen (secondary N) is 1. The topological polar surface area (TPSA) is 138 Å². The minimum atomic E-state index is -1.47. The fourth-order valence-corrected chi connectivity index (χ4v) is 8.37. The lowest BCUT2D eigenvalue weighted by Gasteiger charge is -2.49.